The molecule has 1 aromatic heterocycles. The Kier molecular flexibility index (Phi) is 5.30. The van der Waals surface area contributed by atoms with Gasteiger partial charge < -0.3 is 15.5 Å². The van der Waals surface area contributed by atoms with Crippen LogP contribution >= 0.6 is 15.9 Å². The second kappa shape index (κ2) is 6.28. The lowest BCUT2D eigenvalue weighted by Crippen LogP contribution is -2.37. The van der Waals surface area contributed by atoms with Crippen LogP contribution in [0.2, 0.25) is 0 Å². The second-order valence-corrected chi connectivity index (χ2v) is 5.06. The molecule has 0 bridgehead atoms. The lowest BCUT2D eigenvalue weighted by Gasteiger charge is -2.21. The quantitative estimate of drug-likeness (QED) is 0.691. The predicted molar refractivity (Wildman–Crippen MR) is 69.9 cm³/mol. The van der Waals surface area contributed by atoms with Gasteiger partial charge in [-0.25, -0.2) is 9.97 Å². The Morgan fingerprint density at radius 3 is 2.76 bits per heavy atom. The van der Waals surface area contributed by atoms with Crippen LogP contribution in [-0.2, 0) is 6.42 Å². The molecular weight excluding hydrogens is 286 g/mol. The zero-order chi connectivity index (χ0) is 12.9. The summed E-state index contributed by atoms with van der Waals surface area (Å²) in [6, 6.07) is 1.74. The molecule has 0 aliphatic heterocycles. The van der Waals surface area contributed by atoms with Crippen molar-refractivity contribution in [3.63, 3.8) is 0 Å². The van der Waals surface area contributed by atoms with E-state index in [0.717, 1.165) is 18.7 Å². The molecule has 0 aliphatic rings. The van der Waals surface area contributed by atoms with Gasteiger partial charge in [-0.05, 0) is 29.3 Å². The molecule has 1 unspecified atom stereocenters. The van der Waals surface area contributed by atoms with Gasteiger partial charge in [-0.1, -0.05) is 6.92 Å². The molecule has 96 valence electrons. The van der Waals surface area contributed by atoms with Gasteiger partial charge in [0.15, 0.2) is 0 Å². The van der Waals surface area contributed by atoms with E-state index in [4.69, 9.17) is 5.11 Å². The lowest BCUT2D eigenvalue weighted by atomic mass is 10.1. The van der Waals surface area contributed by atoms with E-state index in [1.54, 1.807) is 13.0 Å². The molecule has 17 heavy (non-hydrogen) atoms. The van der Waals surface area contributed by atoms with Crippen LogP contribution < -0.4 is 5.32 Å². The van der Waals surface area contributed by atoms with Gasteiger partial charge in [0.2, 0.25) is 0 Å². The van der Waals surface area contributed by atoms with Gasteiger partial charge in [0.05, 0.1) is 6.61 Å². The number of hydrogen-bond acceptors (Lipinski definition) is 5. The van der Waals surface area contributed by atoms with E-state index >= 15 is 0 Å². The van der Waals surface area contributed by atoms with Crippen LogP contribution in [0.4, 0.5) is 5.82 Å². The fourth-order valence-corrected chi connectivity index (χ4v) is 1.65. The van der Waals surface area contributed by atoms with Crippen molar-refractivity contribution >= 4 is 21.7 Å². The van der Waals surface area contributed by atoms with Crippen molar-refractivity contribution < 1.29 is 10.2 Å². The maximum Gasteiger partial charge on any atom is 0.132 e. The molecule has 1 atom stereocenters. The Balaban J connectivity index is 2.70. The SMILES string of the molecule is CCCc1nc(Br)cc(NCC(C)(O)CO)n1. The zero-order valence-electron chi connectivity index (χ0n) is 10.1. The van der Waals surface area contributed by atoms with Crippen molar-refractivity contribution in [2.75, 3.05) is 18.5 Å². The first-order valence-electron chi connectivity index (χ1n) is 5.57. The molecule has 1 rings (SSSR count). The summed E-state index contributed by atoms with van der Waals surface area (Å²) in [7, 11) is 0. The molecule has 5 nitrogen and oxygen atoms in total. The Morgan fingerprint density at radius 1 is 1.47 bits per heavy atom. The lowest BCUT2D eigenvalue weighted by molar-refractivity contribution is 0.0131. The largest absolute Gasteiger partial charge is 0.393 e. The summed E-state index contributed by atoms with van der Waals surface area (Å²) in [6.07, 6.45) is 1.79. The number of anilines is 1. The summed E-state index contributed by atoms with van der Waals surface area (Å²) in [5, 5.41) is 21.6. The topological polar surface area (TPSA) is 78.3 Å². The summed E-state index contributed by atoms with van der Waals surface area (Å²) >= 11 is 3.32. The Hall–Kier alpha value is -0.720. The monoisotopic (exact) mass is 303 g/mol. The average Bonchev–Trinajstić information content (AvgIpc) is 2.26. The summed E-state index contributed by atoms with van der Waals surface area (Å²) in [6.45, 7) is 3.56. The van der Waals surface area contributed by atoms with Gasteiger partial charge in [0.25, 0.3) is 0 Å². The van der Waals surface area contributed by atoms with E-state index in [9.17, 15) is 5.11 Å². The number of nitrogens with zero attached hydrogens (tertiary/aromatic N) is 2. The Bertz CT molecular complexity index is 372. The van der Waals surface area contributed by atoms with Crippen LogP contribution in [-0.4, -0.2) is 38.9 Å². The van der Waals surface area contributed by atoms with Crippen molar-refractivity contribution in [3.05, 3.63) is 16.5 Å². The number of aryl methyl sites for hydroxylation is 1. The van der Waals surface area contributed by atoms with Gasteiger partial charge >= 0.3 is 0 Å². The molecule has 0 aromatic carbocycles. The maximum absolute atomic E-state index is 9.66. The third-order valence-corrected chi connectivity index (χ3v) is 2.61. The molecule has 6 heteroatoms. The highest BCUT2D eigenvalue weighted by atomic mass is 79.9. The van der Waals surface area contributed by atoms with Gasteiger partial charge in [0.1, 0.15) is 21.8 Å². The number of aliphatic hydroxyl groups excluding tert-OH is 1. The van der Waals surface area contributed by atoms with Crippen molar-refractivity contribution in [2.24, 2.45) is 0 Å². The molecule has 0 fully saturated rings. The minimum atomic E-state index is -1.15. The molecule has 0 saturated carbocycles. The summed E-state index contributed by atoms with van der Waals surface area (Å²) in [5.41, 5.74) is -1.15. The third-order valence-electron chi connectivity index (χ3n) is 2.21. The molecular formula is C11H18BrN3O2. The molecule has 1 aromatic rings. The molecule has 0 amide bonds. The predicted octanol–water partition coefficient (Wildman–Crippen LogP) is 1.35. The Labute approximate surface area is 109 Å². The standard InChI is InChI=1S/C11H18BrN3O2/c1-3-4-9-14-8(12)5-10(15-9)13-6-11(2,17)7-16/h5,16-17H,3-4,6-7H2,1-2H3,(H,13,14,15). The van der Waals surface area contributed by atoms with E-state index in [1.165, 1.54) is 0 Å². The van der Waals surface area contributed by atoms with Crippen molar-refractivity contribution in [1.29, 1.82) is 0 Å². The number of hydrogen-bond donors (Lipinski definition) is 3. The molecule has 3 N–H and O–H groups in total. The molecule has 0 saturated heterocycles. The van der Waals surface area contributed by atoms with Crippen molar-refractivity contribution in [3.8, 4) is 0 Å². The number of nitrogens with one attached hydrogen (secondary N) is 1. The van der Waals surface area contributed by atoms with E-state index < -0.39 is 5.60 Å². The molecule has 1 heterocycles. The summed E-state index contributed by atoms with van der Waals surface area (Å²) in [4.78, 5) is 8.56. The number of aliphatic hydroxyl groups is 2. The van der Waals surface area contributed by atoms with Gasteiger partial charge in [-0.15, -0.1) is 0 Å². The van der Waals surface area contributed by atoms with E-state index in [-0.39, 0.29) is 13.2 Å². The molecule has 0 spiro atoms. The third kappa shape index (κ3) is 4.97. The average molecular weight is 304 g/mol. The first kappa shape index (κ1) is 14.3. The number of rotatable bonds is 6. The second-order valence-electron chi connectivity index (χ2n) is 4.25. The van der Waals surface area contributed by atoms with E-state index in [2.05, 4.69) is 38.1 Å². The van der Waals surface area contributed by atoms with E-state index in [1.807, 2.05) is 0 Å². The first-order valence-corrected chi connectivity index (χ1v) is 6.36. The highest BCUT2D eigenvalue weighted by molar-refractivity contribution is 9.10. The van der Waals surface area contributed by atoms with Crippen LogP contribution in [0.3, 0.4) is 0 Å². The summed E-state index contributed by atoms with van der Waals surface area (Å²) in [5.74, 6) is 1.40. The fourth-order valence-electron chi connectivity index (χ4n) is 1.23. The molecule has 0 aliphatic carbocycles. The summed E-state index contributed by atoms with van der Waals surface area (Å²) < 4.78 is 0.710. The number of halogens is 1. The Morgan fingerprint density at radius 2 is 2.18 bits per heavy atom. The van der Waals surface area contributed by atoms with Crippen LogP contribution in [0.5, 0.6) is 0 Å². The minimum absolute atomic E-state index is 0.235. The smallest absolute Gasteiger partial charge is 0.132 e. The van der Waals surface area contributed by atoms with Crippen LogP contribution in [0.25, 0.3) is 0 Å². The zero-order valence-corrected chi connectivity index (χ0v) is 11.7. The fraction of sp³-hybridized carbons (Fsp3) is 0.636. The normalized spacial score (nSPS) is 14.4. The first-order chi connectivity index (χ1) is 7.96. The van der Waals surface area contributed by atoms with Gasteiger partial charge in [-0.3, -0.25) is 0 Å². The number of aromatic nitrogens is 2. The van der Waals surface area contributed by atoms with Gasteiger partial charge in [-0.2, -0.15) is 0 Å². The highest BCUT2D eigenvalue weighted by Gasteiger charge is 2.18. The minimum Gasteiger partial charge on any atom is -0.393 e. The van der Waals surface area contributed by atoms with Crippen LogP contribution in [0, 0.1) is 0 Å². The maximum atomic E-state index is 9.66. The van der Waals surface area contributed by atoms with E-state index in [0.29, 0.717) is 10.4 Å². The van der Waals surface area contributed by atoms with Gasteiger partial charge in [0, 0.05) is 19.0 Å². The molecule has 0 radical (unpaired) electrons. The van der Waals surface area contributed by atoms with Crippen LogP contribution in [0.15, 0.2) is 10.7 Å². The van der Waals surface area contributed by atoms with Crippen molar-refractivity contribution in [1.82, 2.24) is 9.97 Å². The van der Waals surface area contributed by atoms with Crippen LogP contribution in [0.1, 0.15) is 26.1 Å². The van der Waals surface area contributed by atoms with Crippen molar-refractivity contribution in [2.45, 2.75) is 32.3 Å². The highest BCUT2D eigenvalue weighted by Crippen LogP contribution is 2.14.